The summed E-state index contributed by atoms with van der Waals surface area (Å²) in [6, 6.07) is -1.28. The van der Waals surface area contributed by atoms with Gasteiger partial charge in [-0.05, 0) is 58.4 Å². The highest BCUT2D eigenvalue weighted by atomic mass is 16.4. The van der Waals surface area contributed by atoms with Gasteiger partial charge in [0, 0.05) is 18.2 Å². The van der Waals surface area contributed by atoms with Crippen LogP contribution in [-0.4, -0.2) is 69.9 Å². The van der Waals surface area contributed by atoms with Crippen LogP contribution in [0.5, 0.6) is 0 Å². The van der Waals surface area contributed by atoms with Gasteiger partial charge in [-0.1, -0.05) is 47.1 Å². The molecule has 1 heterocycles. The summed E-state index contributed by atoms with van der Waals surface area (Å²) in [5.41, 5.74) is 0.117. The summed E-state index contributed by atoms with van der Waals surface area (Å²) in [6.45, 7) is 16.6. The van der Waals surface area contributed by atoms with Crippen molar-refractivity contribution in [3.05, 3.63) is 11.6 Å². The Hall–Kier alpha value is -1.89. The molecule has 2 amide bonds. The van der Waals surface area contributed by atoms with Crippen molar-refractivity contribution in [2.24, 2.45) is 11.8 Å². The maximum absolute atomic E-state index is 13.5. The van der Waals surface area contributed by atoms with E-state index in [4.69, 9.17) is 0 Å². The van der Waals surface area contributed by atoms with Crippen LogP contribution in [0.3, 0.4) is 0 Å². The molecule has 184 valence electrons. The average Bonchev–Trinajstić information content (AvgIpc) is 2.73. The van der Waals surface area contributed by atoms with Gasteiger partial charge >= 0.3 is 5.97 Å². The van der Waals surface area contributed by atoms with Gasteiger partial charge in [-0.2, -0.15) is 0 Å². The molecule has 1 aliphatic rings. The minimum absolute atomic E-state index is 0.0287. The van der Waals surface area contributed by atoms with E-state index >= 15 is 0 Å². The first-order chi connectivity index (χ1) is 14.7. The highest BCUT2D eigenvalue weighted by Gasteiger charge is 2.39. The number of likely N-dealkylation sites (tertiary alicyclic amines) is 1. The summed E-state index contributed by atoms with van der Waals surface area (Å²) in [6.07, 6.45) is 5.44. The second-order valence-electron chi connectivity index (χ2n) is 10.4. The molecule has 0 aromatic heterocycles. The number of nitrogens with one attached hydrogen (secondary N) is 1. The Morgan fingerprint density at radius 2 is 1.75 bits per heavy atom. The molecule has 1 saturated heterocycles. The molecule has 0 unspecified atom stereocenters. The highest BCUT2D eigenvalue weighted by molar-refractivity contribution is 5.90. The Kier molecular flexibility index (Phi) is 10.4. The SMILES string of the molecule is CCC(C)(C)N1CCCC[C@@H]1C(=O)N[C@H](C(=O)N(C)[C@H](/C=C(\C)C(=O)O)C(C)C)C(C)C. The molecule has 0 aliphatic carbocycles. The Balaban J connectivity index is 3.11. The van der Waals surface area contributed by atoms with Gasteiger partial charge in [0.2, 0.25) is 11.8 Å². The van der Waals surface area contributed by atoms with Crippen LogP contribution in [0.4, 0.5) is 0 Å². The van der Waals surface area contributed by atoms with Crippen LogP contribution in [-0.2, 0) is 14.4 Å². The summed E-state index contributed by atoms with van der Waals surface area (Å²) in [5, 5.41) is 12.3. The lowest BCUT2D eigenvalue weighted by atomic mass is 9.90. The molecule has 7 heteroatoms. The van der Waals surface area contributed by atoms with Crippen LogP contribution in [0.1, 0.15) is 81.1 Å². The van der Waals surface area contributed by atoms with E-state index in [0.29, 0.717) is 0 Å². The maximum Gasteiger partial charge on any atom is 0.331 e. The first-order valence-electron chi connectivity index (χ1n) is 12.0. The predicted molar refractivity (Wildman–Crippen MR) is 128 cm³/mol. The van der Waals surface area contributed by atoms with Crippen molar-refractivity contribution in [1.29, 1.82) is 0 Å². The molecule has 32 heavy (non-hydrogen) atoms. The monoisotopic (exact) mass is 451 g/mol. The Labute approximate surface area is 194 Å². The van der Waals surface area contributed by atoms with E-state index in [-0.39, 0.29) is 46.8 Å². The number of piperidine rings is 1. The largest absolute Gasteiger partial charge is 0.478 e. The molecule has 0 saturated carbocycles. The molecule has 0 aromatic rings. The van der Waals surface area contributed by atoms with Gasteiger partial charge < -0.3 is 15.3 Å². The number of aliphatic carboxylic acids is 1. The summed E-state index contributed by atoms with van der Waals surface area (Å²) < 4.78 is 0. The van der Waals surface area contributed by atoms with Gasteiger partial charge in [-0.15, -0.1) is 0 Å². The molecular formula is C25H45N3O4. The number of rotatable bonds is 10. The molecule has 7 nitrogen and oxygen atoms in total. The van der Waals surface area contributed by atoms with Crippen molar-refractivity contribution >= 4 is 17.8 Å². The zero-order valence-corrected chi connectivity index (χ0v) is 21.6. The summed E-state index contributed by atoms with van der Waals surface area (Å²) in [5.74, 6) is -1.35. The Bertz CT molecular complexity index is 699. The lowest BCUT2D eigenvalue weighted by molar-refractivity contribution is -0.141. The van der Waals surface area contributed by atoms with Crippen LogP contribution < -0.4 is 5.32 Å². The quantitative estimate of drug-likeness (QED) is 0.495. The van der Waals surface area contributed by atoms with E-state index in [0.717, 1.165) is 32.2 Å². The number of carboxylic acid groups (broad SMARTS) is 1. The van der Waals surface area contributed by atoms with E-state index in [1.807, 2.05) is 27.7 Å². The fourth-order valence-corrected chi connectivity index (χ4v) is 4.34. The summed E-state index contributed by atoms with van der Waals surface area (Å²) in [7, 11) is 1.69. The molecule has 3 atom stereocenters. The number of carboxylic acids is 1. The van der Waals surface area contributed by atoms with Crippen molar-refractivity contribution < 1.29 is 19.5 Å². The normalized spacial score (nSPS) is 20.2. The highest BCUT2D eigenvalue weighted by Crippen LogP contribution is 2.28. The van der Waals surface area contributed by atoms with Crippen LogP contribution in [0.2, 0.25) is 0 Å². The van der Waals surface area contributed by atoms with Crippen molar-refractivity contribution in [3.8, 4) is 0 Å². The fraction of sp³-hybridized carbons (Fsp3) is 0.800. The van der Waals surface area contributed by atoms with Crippen molar-refractivity contribution in [2.45, 2.75) is 105 Å². The van der Waals surface area contributed by atoms with E-state index < -0.39 is 12.0 Å². The molecule has 1 aliphatic heterocycles. The van der Waals surface area contributed by atoms with Gasteiger partial charge in [0.15, 0.2) is 0 Å². The molecule has 1 fully saturated rings. The minimum Gasteiger partial charge on any atom is -0.478 e. The number of hydrogen-bond donors (Lipinski definition) is 2. The van der Waals surface area contributed by atoms with Crippen LogP contribution in [0, 0.1) is 11.8 Å². The first kappa shape index (κ1) is 28.1. The summed E-state index contributed by atoms with van der Waals surface area (Å²) >= 11 is 0. The van der Waals surface area contributed by atoms with E-state index in [1.165, 1.54) is 6.92 Å². The first-order valence-corrected chi connectivity index (χ1v) is 12.0. The molecular weight excluding hydrogens is 406 g/mol. The number of nitrogens with zero attached hydrogens (tertiary/aromatic N) is 2. The third-order valence-corrected chi connectivity index (χ3v) is 6.91. The minimum atomic E-state index is -0.999. The molecule has 0 radical (unpaired) electrons. The van der Waals surface area contributed by atoms with Crippen LogP contribution in [0.15, 0.2) is 11.6 Å². The third kappa shape index (κ3) is 7.06. The number of hydrogen-bond acceptors (Lipinski definition) is 4. The van der Waals surface area contributed by atoms with E-state index in [2.05, 4.69) is 31.0 Å². The molecule has 0 bridgehead atoms. The molecule has 2 N–H and O–H groups in total. The van der Waals surface area contributed by atoms with Crippen LogP contribution in [0.25, 0.3) is 0 Å². The summed E-state index contributed by atoms with van der Waals surface area (Å²) in [4.78, 5) is 42.0. The van der Waals surface area contributed by atoms with Crippen molar-refractivity contribution in [1.82, 2.24) is 15.1 Å². The Morgan fingerprint density at radius 3 is 2.22 bits per heavy atom. The number of amides is 2. The lowest BCUT2D eigenvalue weighted by Gasteiger charge is -2.45. The second kappa shape index (κ2) is 11.8. The fourth-order valence-electron chi connectivity index (χ4n) is 4.34. The number of carbonyl (C=O) groups excluding carboxylic acids is 2. The molecule has 0 aromatic carbocycles. The molecule has 1 rings (SSSR count). The zero-order valence-electron chi connectivity index (χ0n) is 21.6. The zero-order chi connectivity index (χ0) is 24.8. The smallest absolute Gasteiger partial charge is 0.331 e. The van der Waals surface area contributed by atoms with Gasteiger partial charge in [0.05, 0.1) is 12.1 Å². The number of carbonyl (C=O) groups is 3. The van der Waals surface area contributed by atoms with E-state index in [9.17, 15) is 19.5 Å². The van der Waals surface area contributed by atoms with Crippen LogP contribution >= 0.6 is 0 Å². The topological polar surface area (TPSA) is 90.0 Å². The van der Waals surface area contributed by atoms with E-state index in [1.54, 1.807) is 18.0 Å². The molecule has 0 spiro atoms. The maximum atomic E-state index is 13.5. The Morgan fingerprint density at radius 1 is 1.16 bits per heavy atom. The van der Waals surface area contributed by atoms with Crippen molar-refractivity contribution in [3.63, 3.8) is 0 Å². The average molecular weight is 452 g/mol. The van der Waals surface area contributed by atoms with Crippen molar-refractivity contribution in [2.75, 3.05) is 13.6 Å². The predicted octanol–water partition coefficient (Wildman–Crippen LogP) is 3.68. The van der Waals surface area contributed by atoms with Gasteiger partial charge in [-0.25, -0.2) is 4.79 Å². The van der Waals surface area contributed by atoms with Gasteiger partial charge in [-0.3, -0.25) is 14.5 Å². The van der Waals surface area contributed by atoms with Gasteiger partial charge in [0.1, 0.15) is 6.04 Å². The second-order valence-corrected chi connectivity index (χ2v) is 10.4. The lowest BCUT2D eigenvalue weighted by Crippen LogP contribution is -2.61. The third-order valence-electron chi connectivity index (χ3n) is 6.91. The number of likely N-dealkylation sites (N-methyl/N-ethyl adjacent to an activating group) is 1. The standard InChI is InChI=1S/C25H45N3O4/c1-10-25(7,8)28-14-12-11-13-19(28)22(29)26-21(17(4)5)23(30)27(9)20(16(2)3)15-18(6)24(31)32/h15-17,19-21H,10-14H2,1-9H3,(H,26,29)(H,31,32)/b18-15+/t19-,20-,21+/m1/s1. The van der Waals surface area contributed by atoms with Gasteiger partial charge in [0.25, 0.3) is 0 Å².